The van der Waals surface area contributed by atoms with Crippen molar-refractivity contribution in [3.8, 4) is 0 Å². The summed E-state index contributed by atoms with van der Waals surface area (Å²) in [6.45, 7) is 5.13. The van der Waals surface area contributed by atoms with Gasteiger partial charge in [0.2, 0.25) is 0 Å². The molecule has 1 atom stereocenters. The van der Waals surface area contributed by atoms with E-state index in [1.165, 1.54) is 5.56 Å². The maximum atomic E-state index is 5.39. The number of nitrogens with one attached hydrogen (secondary N) is 1. The van der Waals surface area contributed by atoms with Crippen molar-refractivity contribution < 1.29 is 4.42 Å². The van der Waals surface area contributed by atoms with Crippen LogP contribution >= 0.6 is 0 Å². The fourth-order valence-electron chi connectivity index (χ4n) is 2.05. The fraction of sp³-hybridized carbons (Fsp3) is 0.538. The molecule has 18 heavy (non-hydrogen) atoms. The number of rotatable bonds is 6. The fourth-order valence-corrected chi connectivity index (χ4v) is 2.05. The summed E-state index contributed by atoms with van der Waals surface area (Å²) in [5, 5.41) is 7.65. The smallest absolute Gasteiger partial charge is 0.138 e. The molecule has 0 aliphatic carbocycles. The second kappa shape index (κ2) is 5.82. The molecule has 0 radical (unpaired) electrons. The van der Waals surface area contributed by atoms with Gasteiger partial charge in [-0.1, -0.05) is 6.92 Å². The molecule has 2 aromatic rings. The molecular weight excluding hydrogens is 228 g/mol. The molecule has 98 valence electrons. The van der Waals surface area contributed by atoms with Crippen LogP contribution in [0.4, 0.5) is 0 Å². The van der Waals surface area contributed by atoms with E-state index < -0.39 is 0 Å². The highest BCUT2D eigenvalue weighted by Gasteiger charge is 2.17. The van der Waals surface area contributed by atoms with Crippen LogP contribution in [0.5, 0.6) is 0 Å². The zero-order valence-corrected chi connectivity index (χ0v) is 11.2. The number of hydrogen-bond acceptors (Lipinski definition) is 4. The third-order valence-electron chi connectivity index (χ3n) is 3.11. The Balaban J connectivity index is 2.15. The van der Waals surface area contributed by atoms with Gasteiger partial charge in [-0.15, -0.1) is 0 Å². The van der Waals surface area contributed by atoms with Crippen LogP contribution in [0.3, 0.4) is 0 Å². The quantitative estimate of drug-likeness (QED) is 0.849. The van der Waals surface area contributed by atoms with E-state index in [4.69, 9.17) is 4.42 Å². The van der Waals surface area contributed by atoms with Crippen LogP contribution in [0.15, 0.2) is 23.1 Å². The van der Waals surface area contributed by atoms with Gasteiger partial charge < -0.3 is 9.73 Å². The summed E-state index contributed by atoms with van der Waals surface area (Å²) in [5.74, 6) is 1.94. The highest BCUT2D eigenvalue weighted by atomic mass is 16.3. The maximum Gasteiger partial charge on any atom is 0.138 e. The Kier molecular flexibility index (Phi) is 4.15. The van der Waals surface area contributed by atoms with Crippen LogP contribution in [-0.4, -0.2) is 21.3 Å². The maximum absolute atomic E-state index is 5.39. The first-order valence-electron chi connectivity index (χ1n) is 6.32. The minimum absolute atomic E-state index is 0.228. The van der Waals surface area contributed by atoms with Crippen molar-refractivity contribution in [1.82, 2.24) is 20.1 Å². The van der Waals surface area contributed by atoms with Crippen molar-refractivity contribution in [2.45, 2.75) is 32.7 Å². The number of aromatic nitrogens is 3. The third kappa shape index (κ3) is 2.79. The zero-order valence-electron chi connectivity index (χ0n) is 11.2. The second-order valence-corrected chi connectivity index (χ2v) is 4.44. The minimum Gasteiger partial charge on any atom is -0.469 e. The monoisotopic (exact) mass is 248 g/mol. The van der Waals surface area contributed by atoms with Gasteiger partial charge in [0.15, 0.2) is 0 Å². The average Bonchev–Trinajstić information content (AvgIpc) is 2.94. The molecule has 2 aromatic heterocycles. The van der Waals surface area contributed by atoms with Gasteiger partial charge in [-0.2, -0.15) is 5.10 Å². The lowest BCUT2D eigenvalue weighted by molar-refractivity contribution is 0.482. The molecule has 0 amide bonds. The average molecular weight is 248 g/mol. The first-order chi connectivity index (χ1) is 8.72. The lowest BCUT2D eigenvalue weighted by Crippen LogP contribution is -2.25. The SMILES string of the molecule is CCCNC(Cc1ncnn1C)c1ccoc1C. The molecular formula is C13H20N4O. The Bertz CT molecular complexity index is 489. The van der Waals surface area contributed by atoms with E-state index in [1.54, 1.807) is 12.6 Å². The van der Waals surface area contributed by atoms with Crippen molar-refractivity contribution >= 4 is 0 Å². The molecule has 0 saturated carbocycles. The molecule has 0 aliphatic heterocycles. The van der Waals surface area contributed by atoms with Gasteiger partial charge in [-0.25, -0.2) is 4.98 Å². The van der Waals surface area contributed by atoms with Crippen LogP contribution < -0.4 is 5.32 Å². The van der Waals surface area contributed by atoms with E-state index in [-0.39, 0.29) is 6.04 Å². The summed E-state index contributed by atoms with van der Waals surface area (Å²) >= 11 is 0. The highest BCUT2D eigenvalue weighted by molar-refractivity contribution is 5.21. The first kappa shape index (κ1) is 12.8. The molecule has 1 unspecified atom stereocenters. The molecule has 0 aliphatic rings. The molecule has 0 aromatic carbocycles. The van der Waals surface area contributed by atoms with E-state index in [9.17, 15) is 0 Å². The van der Waals surface area contributed by atoms with Crippen molar-refractivity contribution in [2.75, 3.05) is 6.54 Å². The Labute approximate surface area is 107 Å². The summed E-state index contributed by atoms with van der Waals surface area (Å²) in [6.07, 6.45) is 5.25. The van der Waals surface area contributed by atoms with Gasteiger partial charge in [0.25, 0.3) is 0 Å². The van der Waals surface area contributed by atoms with Gasteiger partial charge >= 0.3 is 0 Å². The van der Waals surface area contributed by atoms with Gasteiger partial charge in [-0.3, -0.25) is 4.68 Å². The molecule has 1 N–H and O–H groups in total. The lowest BCUT2D eigenvalue weighted by atomic mass is 10.0. The van der Waals surface area contributed by atoms with Crippen LogP contribution in [0.2, 0.25) is 0 Å². The zero-order chi connectivity index (χ0) is 13.0. The van der Waals surface area contributed by atoms with Crippen molar-refractivity contribution in [3.05, 3.63) is 35.8 Å². The summed E-state index contributed by atoms with van der Waals surface area (Å²) in [4.78, 5) is 4.28. The highest BCUT2D eigenvalue weighted by Crippen LogP contribution is 2.21. The van der Waals surface area contributed by atoms with Crippen molar-refractivity contribution in [2.24, 2.45) is 7.05 Å². The van der Waals surface area contributed by atoms with Crippen LogP contribution in [-0.2, 0) is 13.5 Å². The summed E-state index contributed by atoms with van der Waals surface area (Å²) in [5.41, 5.74) is 1.20. The van der Waals surface area contributed by atoms with Crippen LogP contribution in [0, 0.1) is 6.92 Å². The second-order valence-electron chi connectivity index (χ2n) is 4.44. The van der Waals surface area contributed by atoms with Gasteiger partial charge in [0.1, 0.15) is 17.9 Å². The van der Waals surface area contributed by atoms with Gasteiger partial charge in [-0.05, 0) is 26.0 Å². The minimum atomic E-state index is 0.228. The molecule has 0 saturated heterocycles. The van der Waals surface area contributed by atoms with E-state index in [2.05, 4.69) is 22.3 Å². The molecule has 0 spiro atoms. The Morgan fingerprint density at radius 3 is 2.89 bits per heavy atom. The van der Waals surface area contributed by atoms with E-state index in [1.807, 2.05) is 24.7 Å². The predicted molar refractivity (Wildman–Crippen MR) is 69.2 cm³/mol. The van der Waals surface area contributed by atoms with Gasteiger partial charge in [0.05, 0.1) is 6.26 Å². The number of furan rings is 1. The third-order valence-corrected chi connectivity index (χ3v) is 3.11. The largest absolute Gasteiger partial charge is 0.469 e. The lowest BCUT2D eigenvalue weighted by Gasteiger charge is -2.17. The predicted octanol–water partition coefficient (Wildman–Crippen LogP) is 2.00. The van der Waals surface area contributed by atoms with Crippen LogP contribution in [0.25, 0.3) is 0 Å². The standard InChI is InChI=1S/C13H20N4O/c1-4-6-14-12(11-5-7-18-10(11)2)8-13-15-9-16-17(13)3/h5,7,9,12,14H,4,6,8H2,1-3H3. The molecule has 2 rings (SSSR count). The number of hydrogen-bond donors (Lipinski definition) is 1. The van der Waals surface area contributed by atoms with Gasteiger partial charge in [0, 0.05) is 25.1 Å². The van der Waals surface area contributed by atoms with E-state index in [0.29, 0.717) is 0 Å². The van der Waals surface area contributed by atoms with E-state index in [0.717, 1.165) is 31.0 Å². The Morgan fingerprint density at radius 1 is 1.50 bits per heavy atom. The summed E-state index contributed by atoms with van der Waals surface area (Å²) < 4.78 is 7.21. The van der Waals surface area contributed by atoms with Crippen LogP contribution in [0.1, 0.15) is 36.5 Å². The molecule has 5 nitrogen and oxygen atoms in total. The van der Waals surface area contributed by atoms with Crippen molar-refractivity contribution in [3.63, 3.8) is 0 Å². The molecule has 2 heterocycles. The summed E-state index contributed by atoms with van der Waals surface area (Å²) in [7, 11) is 1.92. The van der Waals surface area contributed by atoms with E-state index >= 15 is 0 Å². The first-order valence-corrected chi connectivity index (χ1v) is 6.32. The number of nitrogens with zero attached hydrogens (tertiary/aromatic N) is 3. The molecule has 0 bridgehead atoms. The summed E-state index contributed by atoms with van der Waals surface area (Å²) in [6, 6.07) is 2.26. The number of aryl methyl sites for hydroxylation is 2. The Hall–Kier alpha value is -1.62. The molecule has 5 heteroatoms. The topological polar surface area (TPSA) is 55.9 Å². The molecule has 0 fully saturated rings. The van der Waals surface area contributed by atoms with Crippen molar-refractivity contribution in [1.29, 1.82) is 0 Å². The Morgan fingerprint density at radius 2 is 2.33 bits per heavy atom. The normalized spacial score (nSPS) is 12.8.